The van der Waals surface area contributed by atoms with Crippen molar-refractivity contribution in [2.75, 3.05) is 13.1 Å². The third kappa shape index (κ3) is 3.22. The SMILES string of the molecule is CC1=CCN(C(c2cccc(Br)c2)C(C)N)CC1. The van der Waals surface area contributed by atoms with Crippen molar-refractivity contribution in [1.82, 2.24) is 4.90 Å². The van der Waals surface area contributed by atoms with Crippen LogP contribution in [0.25, 0.3) is 0 Å². The van der Waals surface area contributed by atoms with Gasteiger partial charge in [-0.05, 0) is 38.0 Å². The van der Waals surface area contributed by atoms with Gasteiger partial charge in [0.25, 0.3) is 0 Å². The highest BCUT2D eigenvalue weighted by atomic mass is 79.9. The predicted octanol–water partition coefficient (Wildman–Crippen LogP) is 3.49. The molecule has 1 aromatic rings. The van der Waals surface area contributed by atoms with Gasteiger partial charge in [-0.3, -0.25) is 4.90 Å². The van der Waals surface area contributed by atoms with Crippen molar-refractivity contribution in [2.24, 2.45) is 5.73 Å². The van der Waals surface area contributed by atoms with Crippen LogP contribution < -0.4 is 5.73 Å². The van der Waals surface area contributed by atoms with Crippen molar-refractivity contribution < 1.29 is 0 Å². The lowest BCUT2D eigenvalue weighted by Gasteiger charge is -2.36. The van der Waals surface area contributed by atoms with Crippen LogP contribution in [0.2, 0.25) is 0 Å². The molecule has 0 radical (unpaired) electrons. The molecule has 0 amide bonds. The molecule has 18 heavy (non-hydrogen) atoms. The van der Waals surface area contributed by atoms with Gasteiger partial charge < -0.3 is 5.73 Å². The first kappa shape index (κ1) is 13.8. The molecule has 2 N–H and O–H groups in total. The molecule has 0 spiro atoms. The average Bonchev–Trinajstić information content (AvgIpc) is 2.32. The molecule has 1 heterocycles. The van der Waals surface area contributed by atoms with Crippen molar-refractivity contribution in [2.45, 2.75) is 32.4 Å². The molecule has 0 aliphatic carbocycles. The van der Waals surface area contributed by atoms with Crippen LogP contribution in [0.4, 0.5) is 0 Å². The van der Waals surface area contributed by atoms with Crippen LogP contribution in [0, 0.1) is 0 Å². The summed E-state index contributed by atoms with van der Waals surface area (Å²) in [4.78, 5) is 2.47. The van der Waals surface area contributed by atoms with Crippen LogP contribution in [0.5, 0.6) is 0 Å². The number of rotatable bonds is 3. The fraction of sp³-hybridized carbons (Fsp3) is 0.467. The number of nitrogens with two attached hydrogens (primary N) is 1. The zero-order chi connectivity index (χ0) is 13.1. The Labute approximate surface area is 118 Å². The van der Waals surface area contributed by atoms with E-state index in [1.54, 1.807) is 0 Å². The number of hydrogen-bond donors (Lipinski definition) is 1. The molecule has 2 atom stereocenters. The molecule has 1 aromatic carbocycles. The summed E-state index contributed by atoms with van der Waals surface area (Å²) in [5.41, 5.74) is 8.99. The molecule has 2 unspecified atom stereocenters. The largest absolute Gasteiger partial charge is 0.326 e. The zero-order valence-electron chi connectivity index (χ0n) is 11.1. The fourth-order valence-electron chi connectivity index (χ4n) is 2.58. The van der Waals surface area contributed by atoms with Gasteiger partial charge in [-0.25, -0.2) is 0 Å². The van der Waals surface area contributed by atoms with E-state index in [1.807, 2.05) is 0 Å². The summed E-state index contributed by atoms with van der Waals surface area (Å²) in [5.74, 6) is 0. The Morgan fingerprint density at radius 1 is 1.39 bits per heavy atom. The Morgan fingerprint density at radius 3 is 2.72 bits per heavy atom. The van der Waals surface area contributed by atoms with E-state index >= 15 is 0 Å². The van der Waals surface area contributed by atoms with Crippen LogP contribution in [0.15, 0.2) is 40.4 Å². The second-order valence-electron chi connectivity index (χ2n) is 5.15. The van der Waals surface area contributed by atoms with Gasteiger partial charge in [0.1, 0.15) is 0 Å². The molecule has 98 valence electrons. The topological polar surface area (TPSA) is 29.3 Å². The molecule has 0 fully saturated rings. The summed E-state index contributed by atoms with van der Waals surface area (Å²) in [5, 5.41) is 0. The first-order valence-corrected chi connectivity index (χ1v) is 7.28. The second-order valence-corrected chi connectivity index (χ2v) is 6.07. The first-order chi connectivity index (χ1) is 8.58. The monoisotopic (exact) mass is 308 g/mol. The van der Waals surface area contributed by atoms with Gasteiger partial charge in [0.15, 0.2) is 0 Å². The van der Waals surface area contributed by atoms with E-state index in [9.17, 15) is 0 Å². The number of nitrogens with zero attached hydrogens (tertiary/aromatic N) is 1. The van der Waals surface area contributed by atoms with Crippen molar-refractivity contribution in [1.29, 1.82) is 0 Å². The van der Waals surface area contributed by atoms with E-state index in [0.29, 0.717) is 6.04 Å². The molecular formula is C15H21BrN2. The van der Waals surface area contributed by atoms with Crippen molar-refractivity contribution in [3.8, 4) is 0 Å². The normalized spacial score (nSPS) is 20.3. The molecule has 3 heteroatoms. The Morgan fingerprint density at radius 2 is 2.17 bits per heavy atom. The molecule has 1 aliphatic heterocycles. The van der Waals surface area contributed by atoms with E-state index < -0.39 is 0 Å². The quantitative estimate of drug-likeness (QED) is 0.866. The molecule has 2 rings (SSSR count). The number of benzene rings is 1. The lowest BCUT2D eigenvalue weighted by atomic mass is 9.97. The minimum absolute atomic E-state index is 0.131. The van der Waals surface area contributed by atoms with Gasteiger partial charge in [-0.15, -0.1) is 0 Å². The minimum atomic E-state index is 0.131. The third-order valence-corrected chi connectivity index (χ3v) is 4.04. The molecule has 0 saturated heterocycles. The molecule has 0 bridgehead atoms. The van der Waals surface area contributed by atoms with Crippen LogP contribution in [-0.2, 0) is 0 Å². The van der Waals surface area contributed by atoms with Crippen molar-refractivity contribution in [3.05, 3.63) is 46.0 Å². The first-order valence-electron chi connectivity index (χ1n) is 6.48. The Kier molecular flexibility index (Phi) is 4.60. The Bertz CT molecular complexity index is 440. The van der Waals surface area contributed by atoms with E-state index in [2.05, 4.69) is 65.0 Å². The standard InChI is InChI=1S/C15H21BrN2/c1-11-6-8-18(9-7-11)15(12(2)17)13-4-3-5-14(16)10-13/h3-6,10,12,15H,7-9,17H2,1-2H3. The van der Waals surface area contributed by atoms with Gasteiger partial charge >= 0.3 is 0 Å². The molecule has 0 saturated carbocycles. The summed E-state index contributed by atoms with van der Waals surface area (Å²) < 4.78 is 1.12. The lowest BCUT2D eigenvalue weighted by Crippen LogP contribution is -2.41. The highest BCUT2D eigenvalue weighted by Gasteiger charge is 2.24. The predicted molar refractivity (Wildman–Crippen MR) is 80.5 cm³/mol. The van der Waals surface area contributed by atoms with Gasteiger partial charge in [-0.2, -0.15) is 0 Å². The molecule has 0 aromatic heterocycles. The molecule has 1 aliphatic rings. The van der Waals surface area contributed by atoms with E-state index in [4.69, 9.17) is 5.73 Å². The van der Waals surface area contributed by atoms with Crippen LogP contribution >= 0.6 is 15.9 Å². The van der Waals surface area contributed by atoms with Gasteiger partial charge in [0.05, 0.1) is 0 Å². The maximum absolute atomic E-state index is 6.21. The van der Waals surface area contributed by atoms with Crippen LogP contribution in [0.1, 0.15) is 31.9 Å². The summed E-state index contributed by atoms with van der Waals surface area (Å²) in [6.07, 6.45) is 3.47. The second kappa shape index (κ2) is 6.00. The minimum Gasteiger partial charge on any atom is -0.326 e. The average molecular weight is 309 g/mol. The maximum atomic E-state index is 6.21. The van der Waals surface area contributed by atoms with E-state index in [-0.39, 0.29) is 6.04 Å². The summed E-state index contributed by atoms with van der Waals surface area (Å²) >= 11 is 3.54. The Balaban J connectivity index is 2.24. The Hall–Kier alpha value is -0.640. The summed E-state index contributed by atoms with van der Waals surface area (Å²) in [6.45, 7) is 6.40. The van der Waals surface area contributed by atoms with Gasteiger partial charge in [0, 0.05) is 29.6 Å². The van der Waals surface area contributed by atoms with Crippen LogP contribution in [0.3, 0.4) is 0 Å². The smallest absolute Gasteiger partial charge is 0.0500 e. The molecular weight excluding hydrogens is 288 g/mol. The number of hydrogen-bond acceptors (Lipinski definition) is 2. The molecule has 2 nitrogen and oxygen atoms in total. The third-order valence-electron chi connectivity index (χ3n) is 3.55. The van der Waals surface area contributed by atoms with Gasteiger partial charge in [-0.1, -0.05) is 39.7 Å². The summed E-state index contributed by atoms with van der Waals surface area (Å²) in [6, 6.07) is 8.92. The number of halogens is 1. The van der Waals surface area contributed by atoms with Crippen LogP contribution in [-0.4, -0.2) is 24.0 Å². The maximum Gasteiger partial charge on any atom is 0.0500 e. The van der Waals surface area contributed by atoms with E-state index in [0.717, 1.165) is 24.0 Å². The van der Waals surface area contributed by atoms with Crippen molar-refractivity contribution in [3.63, 3.8) is 0 Å². The summed E-state index contributed by atoms with van der Waals surface area (Å²) in [7, 11) is 0. The van der Waals surface area contributed by atoms with Gasteiger partial charge in [0.2, 0.25) is 0 Å². The highest BCUT2D eigenvalue weighted by Crippen LogP contribution is 2.28. The zero-order valence-corrected chi connectivity index (χ0v) is 12.7. The highest BCUT2D eigenvalue weighted by molar-refractivity contribution is 9.10. The lowest BCUT2D eigenvalue weighted by molar-refractivity contribution is 0.190. The van der Waals surface area contributed by atoms with Crippen molar-refractivity contribution >= 4 is 15.9 Å². The fourth-order valence-corrected chi connectivity index (χ4v) is 2.99. The van der Waals surface area contributed by atoms with E-state index in [1.165, 1.54) is 11.1 Å².